The number of amides is 1. The predicted molar refractivity (Wildman–Crippen MR) is 114 cm³/mol. The zero-order valence-electron chi connectivity index (χ0n) is 16.7. The first-order chi connectivity index (χ1) is 14.2. The van der Waals surface area contributed by atoms with Crippen molar-refractivity contribution in [3.63, 3.8) is 0 Å². The second-order valence-electron chi connectivity index (χ2n) is 8.63. The number of hydrogen-bond acceptors (Lipinski definition) is 3. The van der Waals surface area contributed by atoms with Crippen molar-refractivity contribution in [2.45, 2.75) is 44.2 Å². The third kappa shape index (κ3) is 3.64. The molecule has 5 heteroatoms. The van der Waals surface area contributed by atoms with Crippen LogP contribution < -0.4 is 10.2 Å². The van der Waals surface area contributed by atoms with Gasteiger partial charge in [0.05, 0.1) is 12.0 Å². The third-order valence-corrected chi connectivity index (χ3v) is 6.94. The Bertz CT molecular complexity index is 878. The van der Waals surface area contributed by atoms with Crippen LogP contribution in [0.5, 0.6) is 0 Å². The monoisotopic (exact) mass is 393 g/mol. The van der Waals surface area contributed by atoms with Crippen molar-refractivity contribution in [3.8, 4) is 0 Å². The Balaban J connectivity index is 1.41. The third-order valence-electron chi connectivity index (χ3n) is 6.94. The molecule has 1 N–H and O–H groups in total. The summed E-state index contributed by atoms with van der Waals surface area (Å²) in [4.78, 5) is 18.4. The quantitative estimate of drug-likeness (QED) is 0.854. The summed E-state index contributed by atoms with van der Waals surface area (Å²) in [6.07, 6.45) is 5.98. The predicted octanol–water partition coefficient (Wildman–Crippen LogP) is 4.07. The molecular weight excluding hydrogens is 365 g/mol. The first-order valence-electron chi connectivity index (χ1n) is 10.8. The van der Waals surface area contributed by atoms with Crippen LogP contribution in [0, 0.1) is 11.7 Å². The number of para-hydroxylation sites is 1. The zero-order valence-corrected chi connectivity index (χ0v) is 16.7. The van der Waals surface area contributed by atoms with Crippen molar-refractivity contribution in [2.24, 2.45) is 5.92 Å². The second-order valence-corrected chi connectivity index (χ2v) is 8.63. The van der Waals surface area contributed by atoms with Gasteiger partial charge in [0, 0.05) is 37.1 Å². The van der Waals surface area contributed by atoms with E-state index in [0.717, 1.165) is 26.1 Å². The maximum atomic E-state index is 13.3. The Morgan fingerprint density at radius 3 is 2.55 bits per heavy atom. The molecule has 0 spiro atoms. The fourth-order valence-electron chi connectivity index (χ4n) is 5.45. The minimum absolute atomic E-state index is 0.0365. The van der Waals surface area contributed by atoms with Crippen molar-refractivity contribution in [2.75, 3.05) is 29.9 Å². The van der Waals surface area contributed by atoms with Crippen LogP contribution in [0.3, 0.4) is 0 Å². The fourth-order valence-corrected chi connectivity index (χ4v) is 5.45. The van der Waals surface area contributed by atoms with Gasteiger partial charge in [-0.25, -0.2) is 4.39 Å². The SMILES string of the molecule is O=C(Nc1ccc(F)cc1)C1Cc2ccccc2N2CCN(C3CCCC3)CC12. The fraction of sp³-hybridized carbons (Fsp3) is 0.458. The lowest BCUT2D eigenvalue weighted by Gasteiger charge is -2.50. The van der Waals surface area contributed by atoms with Crippen molar-refractivity contribution >= 4 is 17.3 Å². The molecule has 2 fully saturated rings. The molecule has 1 saturated carbocycles. The molecule has 1 saturated heterocycles. The standard InChI is InChI=1S/C24H28FN3O/c25-18-9-11-19(12-10-18)26-24(29)21-15-17-5-1-4-8-22(17)28-14-13-27(16-23(21)28)20-6-2-3-7-20/h1,4-5,8-12,20-21,23H,2-3,6-7,13-16H2,(H,26,29). The van der Waals surface area contributed by atoms with Crippen LogP contribution >= 0.6 is 0 Å². The number of carbonyl (C=O) groups is 1. The van der Waals surface area contributed by atoms with Crippen LogP contribution in [0.15, 0.2) is 48.5 Å². The van der Waals surface area contributed by atoms with Gasteiger partial charge in [0.25, 0.3) is 0 Å². The second kappa shape index (κ2) is 7.79. The Hall–Kier alpha value is -2.40. The first kappa shape index (κ1) is 18.6. The van der Waals surface area contributed by atoms with Gasteiger partial charge in [0.1, 0.15) is 5.82 Å². The highest BCUT2D eigenvalue weighted by atomic mass is 19.1. The van der Waals surface area contributed by atoms with Crippen molar-refractivity contribution in [1.29, 1.82) is 0 Å². The van der Waals surface area contributed by atoms with E-state index in [4.69, 9.17) is 0 Å². The summed E-state index contributed by atoms with van der Waals surface area (Å²) in [5, 5.41) is 3.04. The normalized spacial score (nSPS) is 24.8. The summed E-state index contributed by atoms with van der Waals surface area (Å²) < 4.78 is 13.2. The van der Waals surface area contributed by atoms with Gasteiger partial charge in [0.15, 0.2) is 0 Å². The Morgan fingerprint density at radius 2 is 1.76 bits per heavy atom. The number of fused-ring (bicyclic) bond motifs is 3. The Morgan fingerprint density at radius 1 is 1.00 bits per heavy atom. The summed E-state index contributed by atoms with van der Waals surface area (Å²) in [6.45, 7) is 2.99. The minimum Gasteiger partial charge on any atom is -0.365 e. The van der Waals surface area contributed by atoms with Crippen LogP contribution in [0.1, 0.15) is 31.2 Å². The van der Waals surface area contributed by atoms with Gasteiger partial charge >= 0.3 is 0 Å². The summed E-state index contributed by atoms with van der Waals surface area (Å²) in [6, 6.07) is 15.4. The van der Waals surface area contributed by atoms with E-state index < -0.39 is 0 Å². The number of anilines is 2. The highest BCUT2D eigenvalue weighted by Crippen LogP contribution is 2.37. The smallest absolute Gasteiger partial charge is 0.229 e. The first-order valence-corrected chi connectivity index (χ1v) is 10.8. The number of nitrogens with zero attached hydrogens (tertiary/aromatic N) is 2. The van der Waals surface area contributed by atoms with Crippen LogP contribution in [0.25, 0.3) is 0 Å². The van der Waals surface area contributed by atoms with Crippen LogP contribution in [0.4, 0.5) is 15.8 Å². The molecule has 2 aliphatic heterocycles. The molecule has 2 heterocycles. The van der Waals surface area contributed by atoms with Crippen molar-refractivity contribution < 1.29 is 9.18 Å². The highest BCUT2D eigenvalue weighted by molar-refractivity contribution is 5.94. The number of hydrogen-bond donors (Lipinski definition) is 1. The van der Waals surface area contributed by atoms with E-state index in [1.54, 1.807) is 12.1 Å². The molecule has 0 bridgehead atoms. The van der Waals surface area contributed by atoms with Crippen LogP contribution in [0.2, 0.25) is 0 Å². The Labute approximate surface area is 171 Å². The topological polar surface area (TPSA) is 35.6 Å². The van der Waals surface area contributed by atoms with Gasteiger partial charge in [-0.1, -0.05) is 31.0 Å². The summed E-state index contributed by atoms with van der Waals surface area (Å²) in [5.41, 5.74) is 3.19. The zero-order chi connectivity index (χ0) is 19.8. The average Bonchev–Trinajstić information content (AvgIpc) is 3.29. The van der Waals surface area contributed by atoms with E-state index >= 15 is 0 Å². The lowest BCUT2D eigenvalue weighted by Crippen LogP contribution is -2.61. The largest absolute Gasteiger partial charge is 0.365 e. The minimum atomic E-state index is -0.291. The van der Waals surface area contributed by atoms with Gasteiger partial charge < -0.3 is 10.2 Å². The molecule has 5 rings (SSSR count). The van der Waals surface area contributed by atoms with Gasteiger partial charge in [0.2, 0.25) is 5.91 Å². The number of carbonyl (C=O) groups excluding carboxylic acids is 1. The number of benzene rings is 2. The van der Waals surface area contributed by atoms with Gasteiger partial charge in [-0.2, -0.15) is 0 Å². The average molecular weight is 394 g/mol. The van der Waals surface area contributed by atoms with Crippen molar-refractivity contribution in [3.05, 3.63) is 59.9 Å². The maximum Gasteiger partial charge on any atom is 0.229 e. The van der Waals surface area contributed by atoms with E-state index in [2.05, 4.69) is 39.4 Å². The van der Waals surface area contributed by atoms with Gasteiger partial charge in [-0.15, -0.1) is 0 Å². The van der Waals surface area contributed by atoms with E-state index in [-0.39, 0.29) is 23.7 Å². The molecule has 29 heavy (non-hydrogen) atoms. The molecule has 152 valence electrons. The van der Waals surface area contributed by atoms with Crippen LogP contribution in [-0.2, 0) is 11.2 Å². The van der Waals surface area contributed by atoms with E-state index in [1.165, 1.54) is 49.1 Å². The van der Waals surface area contributed by atoms with E-state index in [1.807, 2.05) is 0 Å². The molecule has 4 nitrogen and oxygen atoms in total. The molecule has 1 amide bonds. The van der Waals surface area contributed by atoms with Gasteiger partial charge in [-0.05, 0) is 55.2 Å². The number of nitrogens with one attached hydrogen (secondary N) is 1. The van der Waals surface area contributed by atoms with Gasteiger partial charge in [-0.3, -0.25) is 9.69 Å². The lowest BCUT2D eigenvalue weighted by molar-refractivity contribution is -0.121. The molecule has 2 aromatic carbocycles. The number of rotatable bonds is 3. The molecule has 0 aromatic heterocycles. The maximum absolute atomic E-state index is 13.3. The number of piperazine rings is 1. The molecule has 3 aliphatic rings. The summed E-state index contributed by atoms with van der Waals surface area (Å²) in [5.74, 6) is -0.367. The molecule has 2 aromatic rings. The molecule has 2 atom stereocenters. The lowest BCUT2D eigenvalue weighted by atomic mass is 9.83. The molecule has 2 unspecified atom stereocenters. The Kier molecular flexibility index (Phi) is 5.00. The summed E-state index contributed by atoms with van der Waals surface area (Å²) in [7, 11) is 0. The summed E-state index contributed by atoms with van der Waals surface area (Å²) >= 11 is 0. The number of halogens is 1. The molecule has 0 radical (unpaired) electrons. The molecule has 1 aliphatic carbocycles. The van der Waals surface area contributed by atoms with Crippen molar-refractivity contribution in [1.82, 2.24) is 4.90 Å². The highest BCUT2D eigenvalue weighted by Gasteiger charge is 2.42. The molecular formula is C24H28FN3O. The van der Waals surface area contributed by atoms with E-state index in [9.17, 15) is 9.18 Å². The van der Waals surface area contributed by atoms with E-state index in [0.29, 0.717) is 11.7 Å². The van der Waals surface area contributed by atoms with Crippen LogP contribution in [-0.4, -0.2) is 42.5 Å².